The molecule has 0 saturated heterocycles. The largest absolute Gasteiger partial charge is 0.541 e. The maximum atomic E-state index is 14.7. The van der Waals surface area contributed by atoms with E-state index in [1.807, 2.05) is 19.2 Å². The van der Waals surface area contributed by atoms with Gasteiger partial charge < -0.3 is 8.84 Å². The number of fused-ring (bicyclic) bond motifs is 1. The van der Waals surface area contributed by atoms with E-state index >= 15 is 0 Å². The fourth-order valence-electron chi connectivity index (χ4n) is 2.07. The topological polar surface area (TPSA) is 22.4 Å². The third kappa shape index (κ3) is 3.05. The molecule has 1 aromatic carbocycles. The normalized spacial score (nSPS) is 12.4. The lowest BCUT2D eigenvalue weighted by Crippen LogP contribution is -2.40. The van der Waals surface area contributed by atoms with E-state index in [9.17, 15) is 4.39 Å². The van der Waals surface area contributed by atoms with E-state index in [1.165, 1.54) is 0 Å². The molecule has 0 unspecified atom stereocenters. The Kier molecular flexibility index (Phi) is 4.13. The van der Waals surface area contributed by atoms with Gasteiger partial charge in [0.15, 0.2) is 9.58 Å². The van der Waals surface area contributed by atoms with Crippen molar-refractivity contribution in [1.82, 2.24) is 0 Å². The van der Waals surface area contributed by atoms with E-state index in [1.54, 1.807) is 6.07 Å². The minimum Gasteiger partial charge on any atom is -0.541 e. The fraction of sp³-hybridized carbons (Fsp3) is 0.385. The Balaban J connectivity index is 2.77. The molecular formula is C13H17FIO2Si2. The number of hydrogen-bond acceptors (Lipinski definition) is 2. The molecule has 2 aromatic rings. The van der Waals surface area contributed by atoms with E-state index in [0.717, 1.165) is 14.3 Å². The molecule has 0 N–H and O–H groups in total. The summed E-state index contributed by atoms with van der Waals surface area (Å²) in [5.41, 5.74) is 0.689. The van der Waals surface area contributed by atoms with E-state index in [2.05, 4.69) is 42.2 Å². The lowest BCUT2D eigenvalue weighted by Gasteiger charge is -2.20. The molecule has 0 amide bonds. The monoisotopic (exact) mass is 407 g/mol. The van der Waals surface area contributed by atoms with E-state index < -0.39 is 17.1 Å². The van der Waals surface area contributed by atoms with Crippen LogP contribution in [0.25, 0.3) is 11.0 Å². The first-order valence-corrected chi connectivity index (χ1v) is 13.1. The standard InChI is InChI=1S/C13H17FIO2Si2/c1-18(2)17-9-6-8-7-10(15)16-12(8)13(11(9)14)19(3,4)5/h6-7H,1-5H3. The van der Waals surface area contributed by atoms with E-state index in [-0.39, 0.29) is 5.82 Å². The zero-order chi connectivity index (χ0) is 14.4. The van der Waals surface area contributed by atoms with Gasteiger partial charge in [0.25, 0.3) is 9.04 Å². The lowest BCUT2D eigenvalue weighted by atomic mass is 10.2. The third-order valence-corrected chi connectivity index (χ3v) is 5.85. The van der Waals surface area contributed by atoms with Crippen molar-refractivity contribution in [3.05, 3.63) is 21.7 Å². The molecule has 0 aliphatic carbocycles. The summed E-state index contributed by atoms with van der Waals surface area (Å²) < 4.78 is 26.9. The van der Waals surface area contributed by atoms with Crippen LogP contribution in [0, 0.1) is 9.58 Å². The summed E-state index contributed by atoms with van der Waals surface area (Å²) in [5.74, 6) is 0.143. The predicted molar refractivity (Wildman–Crippen MR) is 90.0 cm³/mol. The quantitative estimate of drug-likeness (QED) is 0.558. The van der Waals surface area contributed by atoms with Crippen LogP contribution in [0.3, 0.4) is 0 Å². The molecule has 0 aliphatic rings. The van der Waals surface area contributed by atoms with Gasteiger partial charge in [0.1, 0.15) is 11.3 Å². The molecule has 1 heterocycles. The maximum Gasteiger partial charge on any atom is 0.274 e. The van der Waals surface area contributed by atoms with Gasteiger partial charge in [-0.25, -0.2) is 4.39 Å². The summed E-state index contributed by atoms with van der Waals surface area (Å²) in [4.78, 5) is 0. The second-order valence-electron chi connectivity index (χ2n) is 5.79. The van der Waals surface area contributed by atoms with Crippen molar-refractivity contribution >= 4 is 55.9 Å². The summed E-state index contributed by atoms with van der Waals surface area (Å²) in [5, 5.41) is 1.66. The SMILES string of the molecule is C[Si](C)Oc1cc2cc(I)oc2c([Si](C)(C)C)c1F. The summed E-state index contributed by atoms with van der Waals surface area (Å²) in [6.45, 7) is 10.4. The van der Waals surface area contributed by atoms with Crippen LogP contribution < -0.4 is 9.61 Å². The Morgan fingerprint density at radius 3 is 2.42 bits per heavy atom. The Hall–Kier alpha value is -0.346. The molecule has 19 heavy (non-hydrogen) atoms. The molecule has 0 aliphatic heterocycles. The second kappa shape index (κ2) is 5.21. The van der Waals surface area contributed by atoms with Crippen LogP contribution in [0.2, 0.25) is 32.7 Å². The first-order chi connectivity index (χ1) is 8.70. The van der Waals surface area contributed by atoms with Crippen molar-refractivity contribution in [3.63, 3.8) is 0 Å². The minimum atomic E-state index is -1.85. The summed E-state index contributed by atoms with van der Waals surface area (Å²) in [6, 6.07) is 3.70. The summed E-state index contributed by atoms with van der Waals surface area (Å²) in [7, 11) is -2.84. The molecule has 2 rings (SSSR count). The van der Waals surface area contributed by atoms with Crippen molar-refractivity contribution in [2.45, 2.75) is 32.7 Å². The number of rotatable bonds is 3. The number of halogens is 2. The fourth-order valence-corrected chi connectivity index (χ4v) is 4.87. The smallest absolute Gasteiger partial charge is 0.274 e. The first-order valence-electron chi connectivity index (χ1n) is 6.10. The van der Waals surface area contributed by atoms with Gasteiger partial charge in [0.2, 0.25) is 0 Å². The van der Waals surface area contributed by atoms with Gasteiger partial charge in [-0.3, -0.25) is 0 Å². The Morgan fingerprint density at radius 2 is 1.89 bits per heavy atom. The highest BCUT2D eigenvalue weighted by atomic mass is 127. The van der Waals surface area contributed by atoms with Gasteiger partial charge in [-0.1, -0.05) is 19.6 Å². The molecule has 0 saturated carbocycles. The highest BCUT2D eigenvalue weighted by Crippen LogP contribution is 2.29. The van der Waals surface area contributed by atoms with Gasteiger partial charge in [-0.2, -0.15) is 0 Å². The maximum absolute atomic E-state index is 14.7. The zero-order valence-corrected chi connectivity index (χ0v) is 15.9. The highest BCUT2D eigenvalue weighted by Gasteiger charge is 2.29. The first kappa shape index (κ1) is 15.1. The third-order valence-electron chi connectivity index (χ3n) is 2.74. The molecule has 2 nitrogen and oxygen atoms in total. The molecule has 0 fully saturated rings. The molecule has 0 bridgehead atoms. The van der Waals surface area contributed by atoms with Crippen molar-refractivity contribution in [3.8, 4) is 5.75 Å². The van der Waals surface area contributed by atoms with Crippen molar-refractivity contribution in [2.24, 2.45) is 0 Å². The Bertz CT molecular complexity index is 617. The van der Waals surface area contributed by atoms with Crippen molar-refractivity contribution in [1.29, 1.82) is 0 Å². The Morgan fingerprint density at radius 1 is 1.26 bits per heavy atom. The van der Waals surface area contributed by atoms with Crippen LogP contribution in [0.15, 0.2) is 16.5 Å². The molecule has 1 aromatic heterocycles. The molecule has 6 heteroatoms. The second-order valence-corrected chi connectivity index (χ2v) is 13.9. The van der Waals surface area contributed by atoms with Gasteiger partial charge in [-0.05, 0) is 47.8 Å². The molecule has 0 spiro atoms. The van der Waals surface area contributed by atoms with E-state index in [0.29, 0.717) is 11.3 Å². The zero-order valence-electron chi connectivity index (χ0n) is 11.7. The minimum absolute atomic E-state index is 0.233. The molecule has 1 radical (unpaired) electrons. The number of furan rings is 1. The van der Waals surface area contributed by atoms with Crippen LogP contribution in [0.1, 0.15) is 0 Å². The molecule has 103 valence electrons. The summed E-state index contributed by atoms with van der Waals surface area (Å²) in [6.07, 6.45) is 0. The van der Waals surface area contributed by atoms with E-state index in [4.69, 9.17) is 8.84 Å². The number of hydrogen-bond donors (Lipinski definition) is 0. The lowest BCUT2D eigenvalue weighted by molar-refractivity contribution is 0.511. The predicted octanol–water partition coefficient (Wildman–Crippen LogP) is 4.35. The number of benzene rings is 1. The van der Waals surface area contributed by atoms with Gasteiger partial charge in [0, 0.05) is 10.6 Å². The Labute approximate surface area is 129 Å². The average Bonchev–Trinajstić information content (AvgIpc) is 2.55. The van der Waals surface area contributed by atoms with Gasteiger partial charge >= 0.3 is 0 Å². The van der Waals surface area contributed by atoms with Gasteiger partial charge in [-0.15, -0.1) is 0 Å². The average molecular weight is 407 g/mol. The highest BCUT2D eigenvalue weighted by molar-refractivity contribution is 14.1. The van der Waals surface area contributed by atoms with Crippen LogP contribution in [0.5, 0.6) is 5.75 Å². The molecule has 0 atom stereocenters. The van der Waals surface area contributed by atoms with Crippen LogP contribution in [-0.4, -0.2) is 17.1 Å². The summed E-state index contributed by atoms with van der Waals surface area (Å²) >= 11 is 2.12. The van der Waals surface area contributed by atoms with Crippen LogP contribution in [-0.2, 0) is 0 Å². The van der Waals surface area contributed by atoms with Crippen LogP contribution >= 0.6 is 22.6 Å². The molecular weight excluding hydrogens is 390 g/mol. The van der Waals surface area contributed by atoms with Crippen molar-refractivity contribution < 1.29 is 13.2 Å². The van der Waals surface area contributed by atoms with Gasteiger partial charge in [0.05, 0.1) is 8.07 Å². The van der Waals surface area contributed by atoms with Crippen molar-refractivity contribution in [2.75, 3.05) is 0 Å². The van der Waals surface area contributed by atoms with Crippen LogP contribution in [0.4, 0.5) is 4.39 Å².